The zero-order valence-electron chi connectivity index (χ0n) is 16.3. The predicted molar refractivity (Wildman–Crippen MR) is 124 cm³/mol. The molecule has 2 aromatic rings. The van der Waals surface area contributed by atoms with Gasteiger partial charge in [0.1, 0.15) is 11.5 Å². The Bertz CT molecular complexity index is 745. The molecule has 3 rings (SSSR count). The highest BCUT2D eigenvalue weighted by Gasteiger charge is 2.25. The lowest BCUT2D eigenvalue weighted by Crippen LogP contribution is -2.46. The Morgan fingerprint density at radius 2 is 1.86 bits per heavy atom. The monoisotopic (exact) mass is 518 g/mol. The van der Waals surface area contributed by atoms with E-state index in [2.05, 4.69) is 26.6 Å². The number of hydrogen-bond donors (Lipinski definition) is 2. The number of nitrogens with zero attached hydrogens (tertiary/aromatic N) is 2. The van der Waals surface area contributed by atoms with E-state index < -0.39 is 0 Å². The van der Waals surface area contributed by atoms with Crippen molar-refractivity contribution in [3.8, 4) is 0 Å². The average molecular weight is 519 g/mol. The summed E-state index contributed by atoms with van der Waals surface area (Å²) in [4.78, 5) is 6.72. The first-order valence-electron chi connectivity index (χ1n) is 9.23. The molecule has 0 bridgehead atoms. The number of morpholine rings is 1. The molecule has 0 amide bonds. The smallest absolute Gasteiger partial charge is 0.191 e. The molecule has 1 aliphatic rings. The summed E-state index contributed by atoms with van der Waals surface area (Å²) in [5.74, 6) is 2.65. The third-order valence-corrected chi connectivity index (χ3v) is 4.89. The fraction of sp³-hybridized carbons (Fsp3) is 0.450. The third kappa shape index (κ3) is 6.65. The molecule has 1 atom stereocenters. The van der Waals surface area contributed by atoms with E-state index in [0.717, 1.165) is 54.4 Å². The van der Waals surface area contributed by atoms with Crippen molar-refractivity contribution in [2.45, 2.75) is 19.5 Å². The molecule has 2 heterocycles. The van der Waals surface area contributed by atoms with Crippen LogP contribution in [0.2, 0.25) is 5.02 Å². The molecule has 0 saturated carbocycles. The largest absolute Gasteiger partial charge is 0.465 e. The van der Waals surface area contributed by atoms with Crippen LogP contribution in [0.3, 0.4) is 0 Å². The number of ether oxygens (including phenoxy) is 1. The molecule has 1 aliphatic heterocycles. The maximum atomic E-state index is 5.94. The SMILES string of the molecule is CN=C(NCc1ccc(Cl)cc1)NCC(c1ccc(C)o1)N1CCOCC1.I. The van der Waals surface area contributed by atoms with Crippen molar-refractivity contribution in [2.24, 2.45) is 4.99 Å². The van der Waals surface area contributed by atoms with Crippen LogP contribution in [-0.4, -0.2) is 50.8 Å². The van der Waals surface area contributed by atoms with Gasteiger partial charge < -0.3 is 19.8 Å². The number of furan rings is 1. The van der Waals surface area contributed by atoms with Crippen LogP contribution in [0, 0.1) is 6.92 Å². The number of benzene rings is 1. The van der Waals surface area contributed by atoms with Crippen molar-refractivity contribution in [1.82, 2.24) is 15.5 Å². The minimum absolute atomic E-state index is 0. The molecule has 1 aromatic carbocycles. The van der Waals surface area contributed by atoms with Crippen LogP contribution < -0.4 is 10.6 Å². The molecule has 8 heteroatoms. The number of guanidine groups is 1. The first-order valence-corrected chi connectivity index (χ1v) is 9.60. The molecule has 2 N–H and O–H groups in total. The van der Waals surface area contributed by atoms with Crippen LogP contribution in [-0.2, 0) is 11.3 Å². The van der Waals surface area contributed by atoms with Crippen molar-refractivity contribution in [2.75, 3.05) is 39.9 Å². The second kappa shape index (κ2) is 11.6. The van der Waals surface area contributed by atoms with Crippen molar-refractivity contribution >= 4 is 41.5 Å². The van der Waals surface area contributed by atoms with Crippen LogP contribution in [0.1, 0.15) is 23.1 Å². The first-order chi connectivity index (χ1) is 13.2. The number of nitrogens with one attached hydrogen (secondary N) is 2. The van der Waals surface area contributed by atoms with E-state index in [1.54, 1.807) is 7.05 Å². The summed E-state index contributed by atoms with van der Waals surface area (Å²) in [6, 6.07) is 12.0. The second-order valence-electron chi connectivity index (χ2n) is 6.55. The first kappa shape index (κ1) is 23.0. The Balaban J connectivity index is 0.00000280. The van der Waals surface area contributed by atoms with Gasteiger partial charge in [-0.2, -0.15) is 0 Å². The van der Waals surface area contributed by atoms with Crippen LogP contribution >= 0.6 is 35.6 Å². The summed E-state index contributed by atoms with van der Waals surface area (Å²) in [6.45, 7) is 6.64. The van der Waals surface area contributed by atoms with Crippen molar-refractivity contribution in [1.29, 1.82) is 0 Å². The molecule has 0 radical (unpaired) electrons. The van der Waals surface area contributed by atoms with Gasteiger partial charge in [-0.15, -0.1) is 24.0 Å². The van der Waals surface area contributed by atoms with Gasteiger partial charge in [0.05, 0.1) is 19.3 Å². The molecule has 0 aliphatic carbocycles. The van der Waals surface area contributed by atoms with Gasteiger partial charge in [0, 0.05) is 38.2 Å². The lowest BCUT2D eigenvalue weighted by atomic mass is 10.1. The molecule has 28 heavy (non-hydrogen) atoms. The maximum absolute atomic E-state index is 5.94. The average Bonchev–Trinajstić information content (AvgIpc) is 3.12. The van der Waals surface area contributed by atoms with Crippen LogP contribution in [0.15, 0.2) is 45.8 Å². The van der Waals surface area contributed by atoms with E-state index in [-0.39, 0.29) is 30.0 Å². The van der Waals surface area contributed by atoms with Gasteiger partial charge in [-0.1, -0.05) is 23.7 Å². The quantitative estimate of drug-likeness (QED) is 0.348. The van der Waals surface area contributed by atoms with Gasteiger partial charge >= 0.3 is 0 Å². The Labute approximate surface area is 188 Å². The third-order valence-electron chi connectivity index (χ3n) is 4.64. The van der Waals surface area contributed by atoms with Crippen molar-refractivity contribution < 1.29 is 9.15 Å². The summed E-state index contributed by atoms with van der Waals surface area (Å²) in [5.41, 5.74) is 1.15. The fourth-order valence-corrected chi connectivity index (χ4v) is 3.26. The summed E-state index contributed by atoms with van der Waals surface area (Å²) in [6.07, 6.45) is 0. The van der Waals surface area contributed by atoms with E-state index in [0.29, 0.717) is 13.1 Å². The standard InChI is InChI=1S/C20H27ClN4O2.HI/c1-15-3-8-19(27-15)18(25-9-11-26-12-10-25)14-24-20(22-2)23-13-16-4-6-17(21)7-5-16;/h3-8,18H,9-14H2,1-2H3,(H2,22,23,24);1H. The van der Waals surface area contributed by atoms with Gasteiger partial charge in [0.2, 0.25) is 0 Å². The molecule has 1 fully saturated rings. The van der Waals surface area contributed by atoms with Gasteiger partial charge in [-0.05, 0) is 36.8 Å². The van der Waals surface area contributed by atoms with E-state index in [1.165, 1.54) is 0 Å². The molecule has 1 unspecified atom stereocenters. The molecular formula is C20H28ClIN4O2. The zero-order chi connectivity index (χ0) is 19.1. The van der Waals surface area contributed by atoms with Gasteiger partial charge in [0.25, 0.3) is 0 Å². The Hall–Kier alpha value is -1.29. The normalized spacial score (nSPS) is 16.3. The van der Waals surface area contributed by atoms with E-state index in [4.69, 9.17) is 20.8 Å². The fourth-order valence-electron chi connectivity index (χ4n) is 3.13. The molecule has 6 nitrogen and oxygen atoms in total. The predicted octanol–water partition coefficient (Wildman–Crippen LogP) is 3.60. The second-order valence-corrected chi connectivity index (χ2v) is 6.98. The van der Waals surface area contributed by atoms with Gasteiger partial charge in [-0.3, -0.25) is 9.89 Å². The highest BCUT2D eigenvalue weighted by molar-refractivity contribution is 14.0. The summed E-state index contributed by atoms with van der Waals surface area (Å²) >= 11 is 5.94. The van der Waals surface area contributed by atoms with Crippen molar-refractivity contribution in [3.05, 3.63) is 58.5 Å². The maximum Gasteiger partial charge on any atom is 0.191 e. The highest BCUT2D eigenvalue weighted by atomic mass is 127. The molecule has 1 saturated heterocycles. The van der Waals surface area contributed by atoms with E-state index >= 15 is 0 Å². The van der Waals surface area contributed by atoms with Gasteiger partial charge in [-0.25, -0.2) is 0 Å². The van der Waals surface area contributed by atoms with E-state index in [9.17, 15) is 0 Å². The number of aryl methyl sites for hydroxylation is 1. The summed E-state index contributed by atoms with van der Waals surface area (Å²) < 4.78 is 11.4. The van der Waals surface area contributed by atoms with E-state index in [1.807, 2.05) is 37.3 Å². The minimum Gasteiger partial charge on any atom is -0.465 e. The summed E-state index contributed by atoms with van der Waals surface area (Å²) in [5, 5.41) is 7.51. The number of rotatable bonds is 6. The molecule has 1 aromatic heterocycles. The molecular weight excluding hydrogens is 491 g/mol. The molecule has 0 spiro atoms. The number of aliphatic imine (C=N–C) groups is 1. The minimum atomic E-state index is 0. The lowest BCUT2D eigenvalue weighted by molar-refractivity contribution is 0.0124. The van der Waals surface area contributed by atoms with Gasteiger partial charge in [0.15, 0.2) is 5.96 Å². The molecule has 154 valence electrons. The highest BCUT2D eigenvalue weighted by Crippen LogP contribution is 2.23. The van der Waals surface area contributed by atoms with Crippen LogP contribution in [0.5, 0.6) is 0 Å². The Morgan fingerprint density at radius 3 is 2.46 bits per heavy atom. The lowest BCUT2D eigenvalue weighted by Gasteiger charge is -2.33. The zero-order valence-corrected chi connectivity index (χ0v) is 19.4. The Kier molecular flexibility index (Phi) is 9.57. The topological polar surface area (TPSA) is 62.0 Å². The van der Waals surface area contributed by atoms with Crippen molar-refractivity contribution in [3.63, 3.8) is 0 Å². The Morgan fingerprint density at radius 1 is 1.14 bits per heavy atom. The number of hydrogen-bond acceptors (Lipinski definition) is 4. The number of halogens is 2. The van der Waals surface area contributed by atoms with Crippen LogP contribution in [0.25, 0.3) is 0 Å². The van der Waals surface area contributed by atoms with Crippen LogP contribution in [0.4, 0.5) is 0 Å². The summed E-state index contributed by atoms with van der Waals surface area (Å²) in [7, 11) is 1.78.